The minimum absolute atomic E-state index is 0. The van der Waals surface area contributed by atoms with Gasteiger partial charge in [-0.15, -0.1) is 0 Å². The average molecular weight is 325 g/mol. The number of rotatable bonds is 2. The molecule has 0 N–H and O–H groups in total. The van der Waals surface area contributed by atoms with E-state index in [0.29, 0.717) is 6.61 Å². The van der Waals surface area contributed by atoms with Gasteiger partial charge in [-0.2, -0.15) is 0 Å². The van der Waals surface area contributed by atoms with Gasteiger partial charge < -0.3 is 34.0 Å². The monoisotopic (exact) mass is 324 g/mol. The zero-order chi connectivity index (χ0) is 7.40. The molecule has 0 saturated carbocycles. The first-order chi connectivity index (χ1) is 4.84. The summed E-state index contributed by atoms with van der Waals surface area (Å²) in [6.45, 7) is 2.10. The van der Waals surface area contributed by atoms with Gasteiger partial charge >= 0.3 is 5.97 Å². The van der Waals surface area contributed by atoms with Crippen LogP contribution in [-0.2, 0) is 4.74 Å². The Kier molecular flexibility index (Phi) is 14.9. The van der Waals surface area contributed by atoms with Crippen molar-refractivity contribution in [2.45, 2.75) is 6.92 Å². The molecule has 0 fully saturated rings. The van der Waals surface area contributed by atoms with Crippen molar-refractivity contribution in [3.8, 4) is 0 Å². The third-order valence-corrected chi connectivity index (χ3v) is 0.948. The van der Waals surface area contributed by atoms with Gasteiger partial charge in [0.1, 0.15) is 0 Å². The zero-order valence-electron chi connectivity index (χ0n) is 6.92. The molecule has 0 aliphatic carbocycles. The second-order valence-electron chi connectivity index (χ2n) is 1.64. The number of furan rings is 1. The maximum atomic E-state index is 10.8. The summed E-state index contributed by atoms with van der Waals surface area (Å²) in [6.07, 6.45) is 2.39. The molecule has 0 amide bonds. The smallest absolute Gasteiger partial charge is 0.374 e. The molecule has 0 atom stereocenters. The first kappa shape index (κ1) is 18.9. The summed E-state index contributed by atoms with van der Waals surface area (Å²) in [6, 6.07) is 3.03. The Bertz CT molecular complexity index is 214. The van der Waals surface area contributed by atoms with Crippen molar-refractivity contribution < 1.29 is 38.8 Å². The summed E-state index contributed by atoms with van der Waals surface area (Å²) < 4.78 is 9.28. The van der Waals surface area contributed by atoms with Gasteiger partial charge in [0.15, 0.2) is 6.26 Å². The number of halogens is 2. The van der Waals surface area contributed by atoms with Crippen LogP contribution in [0.25, 0.3) is 0 Å². The van der Waals surface area contributed by atoms with E-state index in [2.05, 4.69) is 15.4 Å². The molecule has 4 radical (unpaired) electrons. The summed E-state index contributed by atoms with van der Waals surface area (Å²) in [5, 5.41) is 0. The number of hydrogen-bond acceptors (Lipinski definition) is 3. The number of esters is 1. The minimum atomic E-state index is -0.441. The van der Waals surface area contributed by atoms with E-state index in [1.165, 1.54) is 12.1 Å². The molecule has 72 valence electrons. The van der Waals surface area contributed by atoms with Crippen LogP contribution in [0.1, 0.15) is 17.5 Å². The fourth-order valence-corrected chi connectivity index (χ4v) is 0.553. The van der Waals surface area contributed by atoms with Gasteiger partial charge in [0.25, 0.3) is 0 Å². The molecule has 1 aromatic heterocycles. The van der Waals surface area contributed by atoms with Crippen molar-refractivity contribution in [2.75, 3.05) is 6.61 Å². The van der Waals surface area contributed by atoms with Crippen LogP contribution in [0.2, 0.25) is 0 Å². The van der Waals surface area contributed by atoms with E-state index in [4.69, 9.17) is 0 Å². The zero-order valence-corrected chi connectivity index (χ0v) is 11.7. The van der Waals surface area contributed by atoms with Gasteiger partial charge in [-0.05, 0) is 19.1 Å². The second-order valence-corrected chi connectivity index (χ2v) is 1.64. The molecule has 13 heavy (non-hydrogen) atoms. The van der Waals surface area contributed by atoms with Gasteiger partial charge in [-0.25, -0.2) is 4.79 Å². The first-order valence-corrected chi connectivity index (χ1v) is 2.97. The SMILES string of the molecule is CCOC(=O)c1cc[c]o1.[Cl-].[Cl-].[In]. The Morgan fingerprint density at radius 2 is 2.23 bits per heavy atom. The van der Waals surface area contributed by atoms with E-state index in [9.17, 15) is 4.79 Å². The summed E-state index contributed by atoms with van der Waals surface area (Å²) in [7, 11) is 0. The normalized spacial score (nSPS) is 7.15. The third kappa shape index (κ3) is 6.29. The van der Waals surface area contributed by atoms with Crippen LogP contribution in [0.4, 0.5) is 0 Å². The second kappa shape index (κ2) is 10.3. The molecular weight excluding hydrogens is 318 g/mol. The molecule has 1 heterocycles. The van der Waals surface area contributed by atoms with Crippen LogP contribution < -0.4 is 24.8 Å². The molecule has 6 heteroatoms. The predicted octanol–water partition coefficient (Wildman–Crippen LogP) is -5.12. The maximum absolute atomic E-state index is 10.8. The summed E-state index contributed by atoms with van der Waals surface area (Å²) in [5.41, 5.74) is 0. The van der Waals surface area contributed by atoms with Crippen LogP contribution in [0.15, 0.2) is 16.5 Å². The molecular formula is C7H7Cl2InO3-2. The van der Waals surface area contributed by atoms with Crippen molar-refractivity contribution in [3.05, 3.63) is 24.2 Å². The molecule has 0 aliphatic heterocycles. The van der Waals surface area contributed by atoms with Crippen LogP contribution >= 0.6 is 0 Å². The van der Waals surface area contributed by atoms with E-state index in [1.54, 1.807) is 6.92 Å². The molecule has 0 bridgehead atoms. The summed E-state index contributed by atoms with van der Waals surface area (Å²) >= 11 is 0. The van der Waals surface area contributed by atoms with E-state index < -0.39 is 5.97 Å². The number of carbonyl (C=O) groups excluding carboxylic acids is 1. The summed E-state index contributed by atoms with van der Waals surface area (Å²) in [5.74, 6) is -0.245. The van der Waals surface area contributed by atoms with Gasteiger partial charge in [0.05, 0.1) is 6.61 Å². The van der Waals surface area contributed by atoms with Gasteiger partial charge in [-0.3, -0.25) is 0 Å². The topological polar surface area (TPSA) is 39.4 Å². The Balaban J connectivity index is -0.000000333. The largest absolute Gasteiger partial charge is 1.00 e. The van der Waals surface area contributed by atoms with Crippen LogP contribution in [-0.4, -0.2) is 38.4 Å². The van der Waals surface area contributed by atoms with Crippen molar-refractivity contribution in [1.29, 1.82) is 0 Å². The van der Waals surface area contributed by atoms with Crippen molar-refractivity contribution in [1.82, 2.24) is 0 Å². The van der Waals surface area contributed by atoms with Gasteiger partial charge in [0.2, 0.25) is 5.76 Å². The minimum Gasteiger partial charge on any atom is -1.00 e. The van der Waals surface area contributed by atoms with Gasteiger partial charge in [0, 0.05) is 25.8 Å². The molecule has 3 nitrogen and oxygen atoms in total. The third-order valence-electron chi connectivity index (χ3n) is 0.948. The van der Waals surface area contributed by atoms with Crippen molar-refractivity contribution in [3.63, 3.8) is 0 Å². The first-order valence-electron chi connectivity index (χ1n) is 2.97. The Labute approximate surface area is 108 Å². The molecule has 0 aromatic carbocycles. The van der Waals surface area contributed by atoms with Crippen LogP contribution in [0.5, 0.6) is 0 Å². The Morgan fingerprint density at radius 3 is 2.62 bits per heavy atom. The van der Waals surface area contributed by atoms with E-state index in [1.807, 2.05) is 0 Å². The quantitative estimate of drug-likeness (QED) is 0.511. The van der Waals surface area contributed by atoms with Gasteiger partial charge in [-0.1, -0.05) is 0 Å². The number of hydrogen-bond donors (Lipinski definition) is 0. The molecule has 0 spiro atoms. The summed E-state index contributed by atoms with van der Waals surface area (Å²) in [4.78, 5) is 10.8. The molecule has 0 saturated heterocycles. The van der Waals surface area contributed by atoms with E-state index >= 15 is 0 Å². The van der Waals surface area contributed by atoms with Crippen molar-refractivity contribution in [2.24, 2.45) is 0 Å². The predicted molar refractivity (Wildman–Crippen MR) is 39.3 cm³/mol. The van der Waals surface area contributed by atoms with E-state index in [0.717, 1.165) is 0 Å². The maximum Gasteiger partial charge on any atom is 0.374 e. The average Bonchev–Trinajstić information content (AvgIpc) is 2.38. The van der Waals surface area contributed by atoms with Crippen LogP contribution in [0.3, 0.4) is 0 Å². The molecule has 0 unspecified atom stereocenters. The Morgan fingerprint density at radius 1 is 1.62 bits per heavy atom. The standard InChI is InChI=1S/C7H7O3.2ClH.In/c1-2-9-7(8)6-4-3-5-10-6;;;/h3-4H,2H2,1H3;2*1H;/p-2. The molecule has 0 aliphatic rings. The Hall–Kier alpha value is 0.200. The number of ether oxygens (including phenoxy) is 1. The molecule has 1 aromatic rings. The van der Waals surface area contributed by atoms with Crippen molar-refractivity contribution >= 4 is 31.8 Å². The molecule has 1 rings (SSSR count). The van der Waals surface area contributed by atoms with Crippen LogP contribution in [0, 0.1) is 6.26 Å². The number of carbonyl (C=O) groups is 1. The van der Waals surface area contributed by atoms with E-state index in [-0.39, 0.29) is 56.4 Å². The fraction of sp³-hybridized carbons (Fsp3) is 0.286. The fourth-order valence-electron chi connectivity index (χ4n) is 0.553.